The number of rotatable bonds is 6. The lowest BCUT2D eigenvalue weighted by Gasteiger charge is -2.34. The van der Waals surface area contributed by atoms with Crippen LogP contribution in [0.25, 0.3) is 10.2 Å². The molecule has 0 saturated carbocycles. The van der Waals surface area contributed by atoms with E-state index in [4.69, 9.17) is 21.3 Å². The fraction of sp³-hybridized carbons (Fsp3) is 0.391. The lowest BCUT2D eigenvalue weighted by Crippen LogP contribution is -2.47. The molecule has 2 aromatic carbocycles. The molecule has 0 unspecified atom stereocenters. The van der Waals surface area contributed by atoms with Gasteiger partial charge < -0.3 is 10.1 Å². The Hall–Kier alpha value is -2.15. The van der Waals surface area contributed by atoms with Crippen LogP contribution >= 0.6 is 22.9 Å². The number of carbonyl (C=O) groups is 1. The number of aromatic nitrogens is 1. The number of ether oxygens (including phenoxy) is 1. The molecule has 1 fully saturated rings. The summed E-state index contributed by atoms with van der Waals surface area (Å²) in [4.78, 5) is 19.8. The number of halogens is 1. The first-order valence-electron chi connectivity index (χ1n) is 10.2. The fourth-order valence-electron chi connectivity index (χ4n) is 3.97. The number of methoxy groups -OCH3 is 1. The zero-order valence-electron chi connectivity index (χ0n) is 17.2. The summed E-state index contributed by atoms with van der Waals surface area (Å²) < 4.78 is 6.54. The van der Waals surface area contributed by atoms with E-state index >= 15 is 0 Å². The number of piperidine rings is 1. The summed E-state index contributed by atoms with van der Waals surface area (Å²) in [6.07, 6.45) is 2.02. The minimum atomic E-state index is -0.158. The van der Waals surface area contributed by atoms with Gasteiger partial charge in [-0.25, -0.2) is 4.98 Å². The maximum absolute atomic E-state index is 12.7. The Morgan fingerprint density at radius 2 is 2.07 bits per heavy atom. The number of nitrogens with zero attached hydrogens (tertiary/aromatic N) is 2. The Kier molecular flexibility index (Phi) is 6.56. The molecule has 0 spiro atoms. The van der Waals surface area contributed by atoms with Crippen molar-refractivity contribution in [3.63, 3.8) is 0 Å². The largest absolute Gasteiger partial charge is 0.496 e. The average Bonchev–Trinajstić information content (AvgIpc) is 3.20. The van der Waals surface area contributed by atoms with Crippen LogP contribution in [-0.2, 0) is 11.3 Å². The third-order valence-electron chi connectivity index (χ3n) is 5.82. The molecule has 1 N–H and O–H groups in total. The van der Waals surface area contributed by atoms with E-state index in [1.807, 2.05) is 49.4 Å². The van der Waals surface area contributed by atoms with Gasteiger partial charge in [0.05, 0.1) is 28.4 Å². The molecule has 1 saturated heterocycles. The van der Waals surface area contributed by atoms with Gasteiger partial charge in [-0.05, 0) is 57.1 Å². The summed E-state index contributed by atoms with van der Waals surface area (Å²) in [5.74, 6) is 1.29. The molecule has 1 amide bonds. The van der Waals surface area contributed by atoms with Crippen molar-refractivity contribution < 1.29 is 9.53 Å². The molecule has 7 heteroatoms. The van der Waals surface area contributed by atoms with Gasteiger partial charge in [0, 0.05) is 23.0 Å². The third-order valence-corrected chi connectivity index (χ3v) is 7.25. The van der Waals surface area contributed by atoms with Gasteiger partial charge in [0.1, 0.15) is 5.75 Å². The van der Waals surface area contributed by atoms with Gasteiger partial charge in [0.25, 0.3) is 0 Å². The van der Waals surface area contributed by atoms with Gasteiger partial charge >= 0.3 is 0 Å². The summed E-state index contributed by atoms with van der Waals surface area (Å²) in [5, 5.41) is 4.96. The predicted molar refractivity (Wildman–Crippen MR) is 122 cm³/mol. The SMILES string of the molecule is COc1ccccc1CNC(=O)[C@@H](C)N1CCC(c2nc3cc(Cl)ccc3s2)CC1. The molecule has 1 atom stereocenters. The molecule has 1 aliphatic rings. The number of amides is 1. The Labute approximate surface area is 186 Å². The summed E-state index contributed by atoms with van der Waals surface area (Å²) >= 11 is 7.85. The first-order valence-corrected chi connectivity index (χ1v) is 11.4. The topological polar surface area (TPSA) is 54.5 Å². The minimum Gasteiger partial charge on any atom is -0.496 e. The highest BCUT2D eigenvalue weighted by Crippen LogP contribution is 2.35. The molecular weight excluding hydrogens is 418 g/mol. The second-order valence-corrected chi connectivity index (χ2v) is 9.18. The van der Waals surface area contributed by atoms with Crippen molar-refractivity contribution in [3.8, 4) is 5.75 Å². The number of carbonyl (C=O) groups excluding carboxylic acids is 1. The Balaban J connectivity index is 1.32. The molecule has 0 bridgehead atoms. The lowest BCUT2D eigenvalue weighted by molar-refractivity contribution is -0.126. The van der Waals surface area contributed by atoms with Crippen LogP contribution in [0.15, 0.2) is 42.5 Å². The number of fused-ring (bicyclic) bond motifs is 1. The smallest absolute Gasteiger partial charge is 0.237 e. The zero-order valence-corrected chi connectivity index (χ0v) is 18.8. The first-order chi connectivity index (χ1) is 14.5. The van der Waals surface area contributed by atoms with E-state index in [0.717, 1.165) is 47.8 Å². The van der Waals surface area contributed by atoms with Crippen LogP contribution in [0.5, 0.6) is 5.75 Å². The van der Waals surface area contributed by atoms with Crippen LogP contribution < -0.4 is 10.1 Å². The highest BCUT2D eigenvalue weighted by molar-refractivity contribution is 7.18. The number of hydrogen-bond acceptors (Lipinski definition) is 5. The van der Waals surface area contributed by atoms with E-state index in [9.17, 15) is 4.79 Å². The molecule has 1 aromatic heterocycles. The van der Waals surface area contributed by atoms with Gasteiger partial charge in [-0.1, -0.05) is 29.8 Å². The van der Waals surface area contributed by atoms with Crippen molar-refractivity contribution in [2.45, 2.75) is 38.3 Å². The van der Waals surface area contributed by atoms with Crippen molar-refractivity contribution in [1.29, 1.82) is 0 Å². The number of nitrogens with one attached hydrogen (secondary N) is 1. The van der Waals surface area contributed by atoms with Crippen LogP contribution in [-0.4, -0.2) is 42.0 Å². The van der Waals surface area contributed by atoms with Gasteiger partial charge in [-0.3, -0.25) is 9.69 Å². The summed E-state index contributed by atoms with van der Waals surface area (Å²) in [5.41, 5.74) is 1.96. The molecule has 3 aromatic rings. The average molecular weight is 444 g/mol. The van der Waals surface area contributed by atoms with Gasteiger partial charge in [-0.2, -0.15) is 0 Å². The Bertz CT molecular complexity index is 1030. The molecule has 0 radical (unpaired) electrons. The molecule has 5 nitrogen and oxygen atoms in total. The van der Waals surface area contributed by atoms with E-state index < -0.39 is 0 Å². The lowest BCUT2D eigenvalue weighted by atomic mass is 9.96. The van der Waals surface area contributed by atoms with E-state index in [-0.39, 0.29) is 11.9 Å². The maximum Gasteiger partial charge on any atom is 0.237 e. The predicted octanol–water partition coefficient (Wildman–Crippen LogP) is 4.84. The molecule has 158 valence electrons. The number of thiazole rings is 1. The second kappa shape index (κ2) is 9.33. The zero-order chi connectivity index (χ0) is 21.1. The molecule has 0 aliphatic carbocycles. The van der Waals surface area contributed by atoms with Crippen LogP contribution in [0.2, 0.25) is 5.02 Å². The van der Waals surface area contributed by atoms with Gasteiger partial charge in [-0.15, -0.1) is 11.3 Å². The molecule has 4 rings (SSSR count). The summed E-state index contributed by atoms with van der Waals surface area (Å²) in [7, 11) is 1.65. The number of para-hydroxylation sites is 1. The van der Waals surface area contributed by atoms with E-state index in [0.29, 0.717) is 12.5 Å². The van der Waals surface area contributed by atoms with E-state index in [1.54, 1.807) is 18.4 Å². The van der Waals surface area contributed by atoms with Gasteiger partial charge in [0.15, 0.2) is 0 Å². The second-order valence-electron chi connectivity index (χ2n) is 7.68. The maximum atomic E-state index is 12.7. The number of hydrogen-bond donors (Lipinski definition) is 1. The molecule has 1 aliphatic heterocycles. The highest BCUT2D eigenvalue weighted by Gasteiger charge is 2.28. The molecule has 2 heterocycles. The van der Waals surface area contributed by atoms with Gasteiger partial charge in [0.2, 0.25) is 5.91 Å². The third kappa shape index (κ3) is 4.61. The normalized spacial score (nSPS) is 16.5. The van der Waals surface area contributed by atoms with Crippen LogP contribution in [0.4, 0.5) is 0 Å². The standard InChI is InChI=1S/C23H26ClN3O2S/c1-15(22(28)25-14-17-5-3-4-6-20(17)29-2)27-11-9-16(10-12-27)23-26-19-13-18(24)7-8-21(19)30-23/h3-8,13,15-16H,9-12,14H2,1-2H3,(H,25,28)/t15-/m1/s1. The van der Waals surface area contributed by atoms with Crippen molar-refractivity contribution in [2.75, 3.05) is 20.2 Å². The van der Waals surface area contributed by atoms with Crippen molar-refractivity contribution in [1.82, 2.24) is 15.2 Å². The van der Waals surface area contributed by atoms with E-state index in [2.05, 4.69) is 10.2 Å². The molecule has 30 heavy (non-hydrogen) atoms. The van der Waals surface area contributed by atoms with Crippen LogP contribution in [0.1, 0.15) is 36.3 Å². The summed E-state index contributed by atoms with van der Waals surface area (Å²) in [6.45, 7) is 4.24. The minimum absolute atomic E-state index is 0.0500. The Morgan fingerprint density at radius 3 is 2.83 bits per heavy atom. The monoisotopic (exact) mass is 443 g/mol. The van der Waals surface area contributed by atoms with Crippen molar-refractivity contribution in [3.05, 3.63) is 58.1 Å². The Morgan fingerprint density at radius 1 is 1.30 bits per heavy atom. The fourth-order valence-corrected chi connectivity index (χ4v) is 5.25. The summed E-state index contributed by atoms with van der Waals surface area (Å²) in [6, 6.07) is 13.5. The van der Waals surface area contributed by atoms with Crippen molar-refractivity contribution >= 4 is 39.1 Å². The highest BCUT2D eigenvalue weighted by atomic mass is 35.5. The number of likely N-dealkylation sites (tertiary alicyclic amines) is 1. The quantitative estimate of drug-likeness (QED) is 0.592. The van der Waals surface area contributed by atoms with Crippen LogP contribution in [0.3, 0.4) is 0 Å². The van der Waals surface area contributed by atoms with Crippen molar-refractivity contribution in [2.24, 2.45) is 0 Å². The van der Waals surface area contributed by atoms with Crippen LogP contribution in [0, 0.1) is 0 Å². The molecular formula is C23H26ClN3O2S. The van der Waals surface area contributed by atoms with E-state index in [1.165, 1.54) is 9.71 Å². The first kappa shape index (κ1) is 21.1. The number of benzene rings is 2.